The second kappa shape index (κ2) is 13.4. The summed E-state index contributed by atoms with van der Waals surface area (Å²) in [4.78, 5) is 46.8. The first-order valence-corrected chi connectivity index (χ1v) is 13.8. The Hall–Kier alpha value is -4.92. The first-order valence-electron chi connectivity index (χ1n) is 13.8. The van der Waals surface area contributed by atoms with Crippen LogP contribution in [0, 0.1) is 0 Å². The minimum absolute atomic E-state index is 0.0239. The Morgan fingerprint density at radius 1 is 1.02 bits per heavy atom. The summed E-state index contributed by atoms with van der Waals surface area (Å²) in [5, 5.41) is 10.7. The van der Waals surface area contributed by atoms with Crippen molar-refractivity contribution in [3.05, 3.63) is 71.8 Å². The molecule has 240 valence electrons. The lowest BCUT2D eigenvalue weighted by Gasteiger charge is -2.27. The molecule has 4 N–H and O–H groups in total. The van der Waals surface area contributed by atoms with E-state index in [2.05, 4.69) is 31.2 Å². The highest BCUT2D eigenvalue weighted by atomic mass is 19.4. The number of carbonyl (C=O) groups excluding carboxylic acids is 3. The summed E-state index contributed by atoms with van der Waals surface area (Å²) in [6, 6.07) is 8.04. The van der Waals surface area contributed by atoms with Crippen LogP contribution in [0.4, 0.5) is 35.0 Å². The zero-order chi connectivity index (χ0) is 32.8. The van der Waals surface area contributed by atoms with Crippen molar-refractivity contribution in [3.8, 4) is 5.75 Å². The SMILES string of the molecule is COc1ccc(Nc2ccc(CNC(=O)[C@]3(NC(=O)c4cncc(NC(=O)OC(C)(C)C)c4)CCOC3)nc2)c(C(F)(F)F)c1. The molecule has 4 rings (SSSR count). The number of pyridine rings is 2. The van der Waals surface area contributed by atoms with Gasteiger partial charge < -0.3 is 30.2 Å². The van der Waals surface area contributed by atoms with E-state index >= 15 is 0 Å². The lowest BCUT2D eigenvalue weighted by Crippen LogP contribution is -2.59. The number of rotatable bonds is 9. The number of benzene rings is 1. The summed E-state index contributed by atoms with van der Waals surface area (Å²) in [7, 11) is 1.28. The molecule has 1 aliphatic heterocycles. The standard InChI is InChI=1S/C30H33F3N6O6/c1-28(2,3)45-27(42)38-21-11-18(13-34-14-21)25(40)39-29(9-10-44-17-29)26(41)36-15-19-5-6-20(16-35-19)37-24-8-7-22(43-4)12-23(24)30(31,32)33/h5-8,11-14,16,37H,9-10,15,17H2,1-4H3,(H,36,41)(H,38,42)(H,39,40)/t29-/m0/s1. The fraction of sp³-hybridized carbons (Fsp3) is 0.367. The van der Waals surface area contributed by atoms with E-state index in [1.54, 1.807) is 26.8 Å². The van der Waals surface area contributed by atoms with Crippen molar-refractivity contribution in [1.29, 1.82) is 0 Å². The third-order valence-electron chi connectivity index (χ3n) is 6.52. The van der Waals surface area contributed by atoms with Crippen LogP contribution in [0.15, 0.2) is 55.0 Å². The topological polar surface area (TPSA) is 153 Å². The summed E-state index contributed by atoms with van der Waals surface area (Å²) in [6.45, 7) is 5.27. The fourth-order valence-corrected chi connectivity index (χ4v) is 4.34. The molecule has 1 aromatic carbocycles. The zero-order valence-electron chi connectivity index (χ0n) is 25.0. The number of ether oxygens (including phenoxy) is 3. The number of aromatic nitrogens is 2. The maximum atomic E-state index is 13.5. The summed E-state index contributed by atoms with van der Waals surface area (Å²) in [5.41, 5.74) is -2.13. The molecule has 0 radical (unpaired) electrons. The van der Waals surface area contributed by atoms with Crippen LogP contribution >= 0.6 is 0 Å². The van der Waals surface area contributed by atoms with E-state index in [1.165, 1.54) is 50.0 Å². The Morgan fingerprint density at radius 2 is 1.80 bits per heavy atom. The number of halogens is 3. The lowest BCUT2D eigenvalue weighted by molar-refractivity contribution is -0.137. The van der Waals surface area contributed by atoms with Gasteiger partial charge in [-0.3, -0.25) is 24.9 Å². The predicted molar refractivity (Wildman–Crippen MR) is 157 cm³/mol. The van der Waals surface area contributed by atoms with Gasteiger partial charge in [-0.05, 0) is 57.2 Å². The first kappa shape index (κ1) is 33.0. The van der Waals surface area contributed by atoms with Crippen LogP contribution in [-0.2, 0) is 27.0 Å². The van der Waals surface area contributed by atoms with Gasteiger partial charge in [-0.1, -0.05) is 0 Å². The van der Waals surface area contributed by atoms with E-state index in [4.69, 9.17) is 14.2 Å². The largest absolute Gasteiger partial charge is 0.497 e. The van der Waals surface area contributed by atoms with Crippen molar-refractivity contribution in [3.63, 3.8) is 0 Å². The normalized spacial score (nSPS) is 16.4. The molecule has 0 saturated carbocycles. The van der Waals surface area contributed by atoms with Gasteiger partial charge >= 0.3 is 12.3 Å². The van der Waals surface area contributed by atoms with Crippen molar-refractivity contribution in [2.45, 2.75) is 51.1 Å². The van der Waals surface area contributed by atoms with Gasteiger partial charge in [-0.15, -0.1) is 0 Å². The van der Waals surface area contributed by atoms with Crippen molar-refractivity contribution in [2.75, 3.05) is 31.0 Å². The Morgan fingerprint density at radius 3 is 2.42 bits per heavy atom. The van der Waals surface area contributed by atoms with Gasteiger partial charge in [0.15, 0.2) is 0 Å². The van der Waals surface area contributed by atoms with E-state index in [0.29, 0.717) is 11.4 Å². The summed E-state index contributed by atoms with van der Waals surface area (Å²) in [6.07, 6.45) is -1.14. The van der Waals surface area contributed by atoms with Crippen LogP contribution in [0.3, 0.4) is 0 Å². The van der Waals surface area contributed by atoms with E-state index in [1.807, 2.05) is 0 Å². The van der Waals surface area contributed by atoms with Crippen LogP contribution < -0.4 is 26.0 Å². The van der Waals surface area contributed by atoms with E-state index in [-0.39, 0.29) is 48.9 Å². The number of methoxy groups -OCH3 is 1. The number of carbonyl (C=O) groups is 3. The average Bonchev–Trinajstić information content (AvgIpc) is 3.45. The minimum atomic E-state index is -4.61. The molecule has 12 nitrogen and oxygen atoms in total. The molecular formula is C30H33F3N6O6. The zero-order valence-corrected chi connectivity index (χ0v) is 25.0. The summed E-state index contributed by atoms with van der Waals surface area (Å²) in [5.74, 6) is -1.05. The second-order valence-electron chi connectivity index (χ2n) is 11.2. The molecule has 2 aromatic heterocycles. The summed E-state index contributed by atoms with van der Waals surface area (Å²) < 4.78 is 56.2. The van der Waals surface area contributed by atoms with Crippen molar-refractivity contribution in [2.24, 2.45) is 0 Å². The van der Waals surface area contributed by atoms with Gasteiger partial charge in [0.1, 0.15) is 16.9 Å². The van der Waals surface area contributed by atoms with Gasteiger partial charge in [0.2, 0.25) is 5.91 Å². The van der Waals surface area contributed by atoms with Gasteiger partial charge in [-0.25, -0.2) is 4.79 Å². The first-order chi connectivity index (χ1) is 21.2. The molecule has 1 saturated heterocycles. The Bertz CT molecular complexity index is 1540. The molecule has 1 aliphatic rings. The minimum Gasteiger partial charge on any atom is -0.497 e. The molecule has 0 bridgehead atoms. The Balaban J connectivity index is 1.38. The molecule has 1 fully saturated rings. The second-order valence-corrected chi connectivity index (χ2v) is 11.2. The van der Waals surface area contributed by atoms with Crippen LogP contribution in [0.5, 0.6) is 5.75 Å². The van der Waals surface area contributed by atoms with E-state index in [9.17, 15) is 27.6 Å². The monoisotopic (exact) mass is 630 g/mol. The van der Waals surface area contributed by atoms with E-state index in [0.717, 1.165) is 6.07 Å². The van der Waals surface area contributed by atoms with Crippen molar-refractivity contribution < 1.29 is 41.8 Å². The number of anilines is 3. The molecule has 45 heavy (non-hydrogen) atoms. The highest BCUT2D eigenvalue weighted by Gasteiger charge is 2.44. The highest BCUT2D eigenvalue weighted by molar-refractivity contribution is 6.00. The molecule has 0 aliphatic carbocycles. The van der Waals surface area contributed by atoms with Crippen molar-refractivity contribution in [1.82, 2.24) is 20.6 Å². The Labute approximate surface area is 257 Å². The molecule has 3 aromatic rings. The van der Waals surface area contributed by atoms with Crippen molar-refractivity contribution >= 4 is 35.0 Å². The third kappa shape index (κ3) is 8.81. The molecule has 0 unspecified atom stereocenters. The molecular weight excluding hydrogens is 597 g/mol. The van der Waals surface area contributed by atoms with Crippen LogP contribution in [0.25, 0.3) is 0 Å². The molecule has 15 heteroatoms. The number of nitrogens with zero attached hydrogens (tertiary/aromatic N) is 2. The number of alkyl halides is 3. The number of hydrogen-bond acceptors (Lipinski definition) is 9. The average molecular weight is 631 g/mol. The molecule has 3 heterocycles. The predicted octanol–water partition coefficient (Wildman–Crippen LogP) is 4.80. The molecule has 0 spiro atoms. The van der Waals surface area contributed by atoms with Crippen LogP contribution in [0.1, 0.15) is 48.8 Å². The maximum absolute atomic E-state index is 13.5. The van der Waals surface area contributed by atoms with E-state index < -0.39 is 40.8 Å². The third-order valence-corrected chi connectivity index (χ3v) is 6.52. The lowest BCUT2D eigenvalue weighted by atomic mass is 9.96. The number of hydrogen-bond donors (Lipinski definition) is 4. The maximum Gasteiger partial charge on any atom is 0.418 e. The molecule has 3 amide bonds. The smallest absolute Gasteiger partial charge is 0.418 e. The quantitative estimate of drug-likeness (QED) is 0.261. The highest BCUT2D eigenvalue weighted by Crippen LogP contribution is 2.38. The molecule has 1 atom stereocenters. The fourth-order valence-electron chi connectivity index (χ4n) is 4.34. The Kier molecular flexibility index (Phi) is 9.81. The van der Waals surface area contributed by atoms with Gasteiger partial charge in [0, 0.05) is 19.2 Å². The van der Waals surface area contributed by atoms with Gasteiger partial charge in [0.25, 0.3) is 5.91 Å². The number of amides is 3. The summed E-state index contributed by atoms with van der Waals surface area (Å²) >= 11 is 0. The number of nitrogens with one attached hydrogen (secondary N) is 4. The van der Waals surface area contributed by atoms with Crippen LogP contribution in [-0.4, -0.2) is 59.3 Å². The van der Waals surface area contributed by atoms with Gasteiger partial charge in [0.05, 0.1) is 66.5 Å². The van der Waals surface area contributed by atoms with Gasteiger partial charge in [-0.2, -0.15) is 13.2 Å². The van der Waals surface area contributed by atoms with Crippen LogP contribution in [0.2, 0.25) is 0 Å².